The minimum absolute atomic E-state index is 0.0416. The summed E-state index contributed by atoms with van der Waals surface area (Å²) >= 11 is 0. The fourth-order valence-corrected chi connectivity index (χ4v) is 6.69. The van der Waals surface area contributed by atoms with Crippen molar-refractivity contribution in [2.45, 2.75) is 62.7 Å². The lowest BCUT2D eigenvalue weighted by molar-refractivity contribution is -0.142. The highest BCUT2D eigenvalue weighted by Gasteiger charge is 2.51. The number of likely N-dealkylation sites (tertiary alicyclic amines) is 1. The van der Waals surface area contributed by atoms with Crippen LogP contribution in [-0.4, -0.2) is 65.4 Å². The van der Waals surface area contributed by atoms with Crippen molar-refractivity contribution in [2.24, 2.45) is 5.41 Å². The molecular weight excluding hydrogens is 410 g/mol. The summed E-state index contributed by atoms with van der Waals surface area (Å²) in [6.45, 7) is 2.45. The number of carbonyl (C=O) groups excluding carboxylic acids is 2. The second-order valence-electron chi connectivity index (χ2n) is 9.60. The van der Waals surface area contributed by atoms with Crippen molar-refractivity contribution in [3.8, 4) is 0 Å². The molecule has 1 aromatic carbocycles. The van der Waals surface area contributed by atoms with Crippen molar-refractivity contribution >= 4 is 28.3 Å². The molecule has 6 nitrogen and oxygen atoms in total. The molecule has 1 saturated heterocycles. The van der Waals surface area contributed by atoms with Crippen molar-refractivity contribution in [1.82, 2.24) is 9.80 Å². The van der Waals surface area contributed by atoms with E-state index < -0.39 is 10.8 Å². The Bertz CT molecular complexity index is 866. The van der Waals surface area contributed by atoms with Gasteiger partial charge in [-0.2, -0.15) is 0 Å². The van der Waals surface area contributed by atoms with Gasteiger partial charge < -0.3 is 9.80 Å². The minimum Gasteiger partial charge on any atom is -0.361 e. The van der Waals surface area contributed by atoms with Crippen molar-refractivity contribution in [3.05, 3.63) is 23.8 Å². The Labute approximate surface area is 188 Å². The molecule has 7 heteroatoms. The van der Waals surface area contributed by atoms with Gasteiger partial charge in [0.15, 0.2) is 0 Å². The Balaban J connectivity index is 1.19. The Morgan fingerprint density at radius 3 is 2.65 bits per heavy atom. The number of benzene rings is 1. The first-order valence-corrected chi connectivity index (χ1v) is 13.0. The molecule has 1 aliphatic carbocycles. The zero-order valence-corrected chi connectivity index (χ0v) is 19.7. The number of rotatable bonds is 8. The number of hydrogen-bond donors (Lipinski definition) is 0. The highest BCUT2D eigenvalue weighted by molar-refractivity contribution is 7.85. The number of anilines is 1. The van der Waals surface area contributed by atoms with Gasteiger partial charge in [0.05, 0.1) is 32.7 Å². The molecule has 4 rings (SSSR count). The van der Waals surface area contributed by atoms with E-state index in [1.807, 2.05) is 11.9 Å². The van der Waals surface area contributed by atoms with Crippen LogP contribution in [0.3, 0.4) is 0 Å². The normalized spacial score (nSPS) is 22.7. The van der Waals surface area contributed by atoms with Gasteiger partial charge in [0.25, 0.3) is 0 Å². The lowest BCUT2D eigenvalue weighted by Gasteiger charge is -2.30. The molecule has 0 N–H and O–H groups in total. The van der Waals surface area contributed by atoms with Crippen LogP contribution in [-0.2, 0) is 26.8 Å². The van der Waals surface area contributed by atoms with Gasteiger partial charge in [-0.05, 0) is 63.4 Å². The first-order chi connectivity index (χ1) is 14.9. The summed E-state index contributed by atoms with van der Waals surface area (Å²) in [5.74, 6) is 0.729. The van der Waals surface area contributed by atoms with Gasteiger partial charge in [0.1, 0.15) is 0 Å². The van der Waals surface area contributed by atoms with Crippen LogP contribution in [0.2, 0.25) is 0 Å². The molecule has 0 aromatic heterocycles. The van der Waals surface area contributed by atoms with Crippen LogP contribution in [0, 0.1) is 5.41 Å². The minimum atomic E-state index is -0.918. The molecule has 31 heavy (non-hydrogen) atoms. The van der Waals surface area contributed by atoms with Gasteiger partial charge in [-0.15, -0.1) is 0 Å². The Hall–Kier alpha value is -1.73. The predicted octanol–water partition coefficient (Wildman–Crippen LogP) is 3.17. The van der Waals surface area contributed by atoms with Crippen molar-refractivity contribution < 1.29 is 13.8 Å². The van der Waals surface area contributed by atoms with E-state index in [0.29, 0.717) is 18.8 Å². The Kier molecular flexibility index (Phi) is 6.82. The van der Waals surface area contributed by atoms with Gasteiger partial charge in [0.2, 0.25) is 11.8 Å². The number of fused-ring (bicyclic) bond motifs is 1. The summed E-state index contributed by atoms with van der Waals surface area (Å²) in [4.78, 5) is 32.2. The molecule has 1 atom stereocenters. The summed E-state index contributed by atoms with van der Waals surface area (Å²) in [6.07, 6.45) is 8.33. The van der Waals surface area contributed by atoms with Gasteiger partial charge in [-0.25, -0.2) is 0 Å². The largest absolute Gasteiger partial charge is 0.361 e. The lowest BCUT2D eigenvalue weighted by atomic mass is 9.73. The molecule has 0 bridgehead atoms. The fourth-order valence-electron chi connectivity index (χ4n) is 5.32. The zero-order valence-electron chi connectivity index (χ0n) is 18.9. The first-order valence-electron chi connectivity index (χ1n) is 11.7. The second kappa shape index (κ2) is 9.41. The monoisotopic (exact) mass is 445 g/mol. The van der Waals surface area contributed by atoms with E-state index in [2.05, 4.69) is 30.1 Å². The van der Waals surface area contributed by atoms with Crippen molar-refractivity contribution in [1.29, 1.82) is 0 Å². The molecule has 1 unspecified atom stereocenters. The fraction of sp³-hybridized carbons (Fsp3) is 0.667. The topological polar surface area (TPSA) is 60.9 Å². The van der Waals surface area contributed by atoms with Crippen LogP contribution in [0.5, 0.6) is 0 Å². The Morgan fingerprint density at radius 2 is 1.87 bits per heavy atom. The molecular formula is C24H35N3O3S. The van der Waals surface area contributed by atoms with Crippen molar-refractivity contribution in [2.75, 3.05) is 44.5 Å². The standard InChI is InChI=1S/C24H35N3O3S/c1-25(15-10-19-8-9-20-21(16-19)31(30)18-26(20)2)13-6-7-14-27-22(28)17-24(23(27)29)11-4-3-5-12-24/h8-9,16H,3-7,10-15,17-18H2,1-2H3. The van der Waals surface area contributed by atoms with Gasteiger partial charge >= 0.3 is 0 Å². The number of hydrogen-bond acceptors (Lipinski definition) is 5. The van der Waals surface area contributed by atoms with E-state index in [1.54, 1.807) is 4.90 Å². The number of likely N-dealkylation sites (N-methyl/N-ethyl adjacent to an activating group) is 1. The third-order valence-electron chi connectivity index (χ3n) is 7.25. The van der Waals surface area contributed by atoms with E-state index in [9.17, 15) is 13.8 Å². The average molecular weight is 446 g/mol. The highest BCUT2D eigenvalue weighted by Crippen LogP contribution is 2.45. The van der Waals surface area contributed by atoms with E-state index in [-0.39, 0.29) is 17.2 Å². The molecule has 2 heterocycles. The SMILES string of the molecule is CN(CCCCN1C(=O)CC2(CCCCC2)C1=O)CCc1ccc2c(c1)S(=O)CN2C. The predicted molar refractivity (Wildman–Crippen MR) is 123 cm³/mol. The molecule has 0 radical (unpaired) electrons. The number of amides is 2. The van der Waals surface area contributed by atoms with E-state index in [4.69, 9.17) is 0 Å². The molecule has 3 aliphatic rings. The first kappa shape index (κ1) is 22.5. The zero-order chi connectivity index (χ0) is 22.0. The van der Waals surface area contributed by atoms with Crippen LogP contribution >= 0.6 is 0 Å². The van der Waals surface area contributed by atoms with Crippen LogP contribution in [0.4, 0.5) is 5.69 Å². The van der Waals surface area contributed by atoms with Crippen molar-refractivity contribution in [3.63, 3.8) is 0 Å². The smallest absolute Gasteiger partial charge is 0.235 e. The van der Waals surface area contributed by atoms with E-state index in [1.165, 1.54) is 12.0 Å². The molecule has 2 fully saturated rings. The molecule has 170 valence electrons. The summed E-state index contributed by atoms with van der Waals surface area (Å²) in [7, 11) is 3.18. The average Bonchev–Trinajstić information content (AvgIpc) is 3.16. The number of unbranched alkanes of at least 4 members (excludes halogenated alkanes) is 1. The molecule has 1 aromatic rings. The highest BCUT2D eigenvalue weighted by atomic mass is 32.2. The maximum Gasteiger partial charge on any atom is 0.235 e. The van der Waals surface area contributed by atoms with Crippen LogP contribution < -0.4 is 4.90 Å². The van der Waals surface area contributed by atoms with Gasteiger partial charge in [-0.3, -0.25) is 18.7 Å². The third-order valence-corrected chi connectivity index (χ3v) is 8.68. The van der Waals surface area contributed by atoms with E-state index >= 15 is 0 Å². The molecule has 2 aliphatic heterocycles. The number of carbonyl (C=O) groups is 2. The van der Waals surface area contributed by atoms with Crippen LogP contribution in [0.25, 0.3) is 0 Å². The molecule has 1 spiro atoms. The summed E-state index contributed by atoms with van der Waals surface area (Å²) in [5, 5.41) is 0. The maximum absolute atomic E-state index is 12.9. The summed E-state index contributed by atoms with van der Waals surface area (Å²) < 4.78 is 12.2. The quantitative estimate of drug-likeness (QED) is 0.454. The number of imide groups is 1. The third kappa shape index (κ3) is 4.72. The van der Waals surface area contributed by atoms with Crippen LogP contribution in [0.15, 0.2) is 23.1 Å². The number of nitrogens with zero attached hydrogens (tertiary/aromatic N) is 3. The summed E-state index contributed by atoms with van der Waals surface area (Å²) in [6, 6.07) is 6.31. The maximum atomic E-state index is 12.9. The summed E-state index contributed by atoms with van der Waals surface area (Å²) in [5.41, 5.74) is 1.94. The van der Waals surface area contributed by atoms with Gasteiger partial charge in [0, 0.05) is 26.6 Å². The molecule has 1 saturated carbocycles. The van der Waals surface area contributed by atoms with Gasteiger partial charge in [-0.1, -0.05) is 25.3 Å². The molecule has 2 amide bonds. The Morgan fingerprint density at radius 1 is 1.10 bits per heavy atom. The second-order valence-corrected chi connectivity index (χ2v) is 11.0. The van der Waals surface area contributed by atoms with Crippen LogP contribution in [0.1, 0.15) is 56.9 Å². The van der Waals surface area contributed by atoms with E-state index in [0.717, 1.165) is 68.6 Å². The lowest BCUT2D eigenvalue weighted by Crippen LogP contribution is -2.37.